The molecule has 2 N–H and O–H groups in total. The first-order chi connectivity index (χ1) is 11.6. The SMILES string of the molecule is CN(C(=O)c1csc(CCN)n1)C1CCN(c2ccccc2)C1=O.Cl. The second-order valence-corrected chi connectivity index (χ2v) is 6.65. The van der Waals surface area contributed by atoms with Gasteiger partial charge in [0.1, 0.15) is 11.7 Å². The number of thiazole rings is 1. The van der Waals surface area contributed by atoms with Crippen LogP contribution in [0.25, 0.3) is 0 Å². The fourth-order valence-electron chi connectivity index (χ4n) is 2.86. The molecule has 0 aliphatic carbocycles. The molecule has 25 heavy (non-hydrogen) atoms. The number of carbonyl (C=O) groups is 2. The molecule has 8 heteroatoms. The van der Waals surface area contributed by atoms with Crippen LogP contribution in [0, 0.1) is 0 Å². The number of amides is 2. The van der Waals surface area contributed by atoms with E-state index in [1.54, 1.807) is 17.3 Å². The molecule has 0 saturated carbocycles. The summed E-state index contributed by atoms with van der Waals surface area (Å²) < 4.78 is 0. The van der Waals surface area contributed by atoms with E-state index in [9.17, 15) is 9.59 Å². The van der Waals surface area contributed by atoms with Crippen molar-refractivity contribution in [3.8, 4) is 0 Å². The zero-order valence-electron chi connectivity index (χ0n) is 13.9. The third-order valence-corrected chi connectivity index (χ3v) is 5.07. The van der Waals surface area contributed by atoms with Gasteiger partial charge in [0, 0.05) is 31.1 Å². The number of hydrogen-bond donors (Lipinski definition) is 1. The van der Waals surface area contributed by atoms with Crippen molar-refractivity contribution in [1.82, 2.24) is 9.88 Å². The third-order valence-electron chi connectivity index (χ3n) is 4.16. The van der Waals surface area contributed by atoms with Crippen LogP contribution in [0.1, 0.15) is 21.9 Å². The van der Waals surface area contributed by atoms with Crippen molar-refractivity contribution in [3.63, 3.8) is 0 Å². The van der Waals surface area contributed by atoms with Crippen LogP contribution < -0.4 is 10.6 Å². The Hall–Kier alpha value is -1.96. The monoisotopic (exact) mass is 380 g/mol. The average Bonchev–Trinajstić information content (AvgIpc) is 3.21. The van der Waals surface area contributed by atoms with Crippen LogP contribution >= 0.6 is 23.7 Å². The molecule has 134 valence electrons. The van der Waals surface area contributed by atoms with Gasteiger partial charge in [0.05, 0.1) is 5.01 Å². The molecule has 1 aromatic heterocycles. The second kappa shape index (κ2) is 8.42. The summed E-state index contributed by atoms with van der Waals surface area (Å²) in [7, 11) is 1.67. The smallest absolute Gasteiger partial charge is 0.273 e. The molecule has 6 nitrogen and oxygen atoms in total. The molecule has 0 bridgehead atoms. The van der Waals surface area contributed by atoms with Crippen LogP contribution in [0.5, 0.6) is 0 Å². The number of nitrogens with two attached hydrogens (primary N) is 1. The number of para-hydroxylation sites is 1. The highest BCUT2D eigenvalue weighted by Crippen LogP contribution is 2.24. The van der Waals surface area contributed by atoms with Crippen LogP contribution in [-0.2, 0) is 11.2 Å². The number of likely N-dealkylation sites (N-methyl/N-ethyl adjacent to an activating group) is 1. The van der Waals surface area contributed by atoms with Gasteiger partial charge in [-0.15, -0.1) is 23.7 Å². The summed E-state index contributed by atoms with van der Waals surface area (Å²) in [6, 6.07) is 9.08. The minimum Gasteiger partial charge on any atom is -0.330 e. The van der Waals surface area contributed by atoms with Gasteiger partial charge in [0.15, 0.2) is 0 Å². The van der Waals surface area contributed by atoms with Crippen molar-refractivity contribution in [3.05, 3.63) is 46.4 Å². The number of nitrogens with zero attached hydrogens (tertiary/aromatic N) is 3. The quantitative estimate of drug-likeness (QED) is 0.859. The van der Waals surface area contributed by atoms with E-state index in [4.69, 9.17) is 5.73 Å². The minimum absolute atomic E-state index is 0. The van der Waals surface area contributed by atoms with Crippen molar-refractivity contribution in [2.24, 2.45) is 5.73 Å². The number of rotatable bonds is 5. The van der Waals surface area contributed by atoms with Gasteiger partial charge in [0.2, 0.25) is 5.91 Å². The molecule has 1 aromatic carbocycles. The molecule has 1 aliphatic heterocycles. The second-order valence-electron chi connectivity index (χ2n) is 5.71. The van der Waals surface area contributed by atoms with E-state index in [0.717, 1.165) is 10.7 Å². The summed E-state index contributed by atoms with van der Waals surface area (Å²) in [6.45, 7) is 1.12. The first-order valence-electron chi connectivity index (χ1n) is 7.90. The maximum absolute atomic E-state index is 12.7. The van der Waals surface area contributed by atoms with E-state index >= 15 is 0 Å². The number of anilines is 1. The van der Waals surface area contributed by atoms with Crippen molar-refractivity contribution < 1.29 is 9.59 Å². The summed E-state index contributed by atoms with van der Waals surface area (Å²) in [5, 5.41) is 2.58. The first-order valence-corrected chi connectivity index (χ1v) is 8.78. The number of halogens is 1. The molecule has 1 saturated heterocycles. The van der Waals surface area contributed by atoms with E-state index in [-0.39, 0.29) is 24.2 Å². The Morgan fingerprint density at radius 3 is 2.80 bits per heavy atom. The van der Waals surface area contributed by atoms with Crippen LogP contribution in [0.3, 0.4) is 0 Å². The third kappa shape index (κ3) is 4.00. The van der Waals surface area contributed by atoms with Crippen molar-refractivity contribution in [2.45, 2.75) is 18.9 Å². The largest absolute Gasteiger partial charge is 0.330 e. The predicted octanol–water partition coefficient (Wildman–Crippen LogP) is 1.94. The Kier molecular flexibility index (Phi) is 6.52. The van der Waals surface area contributed by atoms with Gasteiger partial charge in [-0.05, 0) is 25.1 Å². The molecule has 1 atom stereocenters. The van der Waals surface area contributed by atoms with Crippen molar-refractivity contribution in [1.29, 1.82) is 0 Å². The lowest BCUT2D eigenvalue weighted by Gasteiger charge is -2.23. The summed E-state index contributed by atoms with van der Waals surface area (Å²) in [5.41, 5.74) is 6.77. The summed E-state index contributed by atoms with van der Waals surface area (Å²) in [4.78, 5) is 32.8. The predicted molar refractivity (Wildman–Crippen MR) is 101 cm³/mol. The maximum Gasteiger partial charge on any atom is 0.273 e. The number of carbonyl (C=O) groups excluding carboxylic acids is 2. The Morgan fingerprint density at radius 2 is 2.12 bits per heavy atom. The topological polar surface area (TPSA) is 79.5 Å². The lowest BCUT2D eigenvalue weighted by molar-refractivity contribution is -0.120. The molecule has 1 unspecified atom stereocenters. The van der Waals surface area contributed by atoms with Gasteiger partial charge >= 0.3 is 0 Å². The zero-order valence-corrected chi connectivity index (χ0v) is 15.6. The Balaban J connectivity index is 0.00000225. The molecule has 1 aliphatic rings. The van der Waals surface area contributed by atoms with Gasteiger partial charge in [-0.25, -0.2) is 4.98 Å². The molecule has 2 aromatic rings. The minimum atomic E-state index is -0.447. The highest BCUT2D eigenvalue weighted by molar-refractivity contribution is 7.09. The maximum atomic E-state index is 12.7. The van der Waals surface area contributed by atoms with E-state index in [1.807, 2.05) is 30.3 Å². The van der Waals surface area contributed by atoms with Crippen molar-refractivity contribution in [2.75, 3.05) is 25.0 Å². The van der Waals surface area contributed by atoms with Crippen LogP contribution in [0.2, 0.25) is 0 Å². The molecule has 0 spiro atoms. The van der Waals surface area contributed by atoms with Crippen LogP contribution in [0.15, 0.2) is 35.7 Å². The molecule has 2 heterocycles. The van der Waals surface area contributed by atoms with Gasteiger partial charge in [-0.1, -0.05) is 18.2 Å². The average molecular weight is 381 g/mol. The lowest BCUT2D eigenvalue weighted by Crippen LogP contribution is -2.43. The Bertz CT molecular complexity index is 737. The van der Waals surface area contributed by atoms with Gasteiger partial charge in [-0.2, -0.15) is 0 Å². The zero-order chi connectivity index (χ0) is 17.1. The molecule has 3 rings (SSSR count). The van der Waals surface area contributed by atoms with Gasteiger partial charge in [0.25, 0.3) is 5.91 Å². The van der Waals surface area contributed by atoms with Gasteiger partial charge < -0.3 is 15.5 Å². The number of benzene rings is 1. The number of aromatic nitrogens is 1. The Labute approximate surface area is 157 Å². The molecule has 0 radical (unpaired) electrons. The fourth-order valence-corrected chi connectivity index (χ4v) is 3.65. The molecular formula is C17H21ClN4O2S. The van der Waals surface area contributed by atoms with Crippen molar-refractivity contribution >= 4 is 41.2 Å². The number of hydrogen-bond acceptors (Lipinski definition) is 5. The normalized spacial score (nSPS) is 16.6. The molecule has 1 fully saturated rings. The van der Waals surface area contributed by atoms with E-state index < -0.39 is 6.04 Å². The van der Waals surface area contributed by atoms with E-state index in [2.05, 4.69) is 4.98 Å². The summed E-state index contributed by atoms with van der Waals surface area (Å²) in [5.74, 6) is -0.266. The molecular weight excluding hydrogens is 360 g/mol. The highest BCUT2D eigenvalue weighted by atomic mass is 35.5. The summed E-state index contributed by atoms with van der Waals surface area (Å²) >= 11 is 1.43. The first kappa shape index (κ1) is 19.4. The van der Waals surface area contributed by atoms with Crippen LogP contribution in [0.4, 0.5) is 5.69 Å². The fraction of sp³-hybridized carbons (Fsp3) is 0.353. The van der Waals surface area contributed by atoms with Gasteiger partial charge in [-0.3, -0.25) is 9.59 Å². The standard InChI is InChI=1S/C17H20N4O2S.ClH/c1-20(16(22)13-11-24-15(19-13)7-9-18)14-8-10-21(17(14)23)12-5-3-2-4-6-12;/h2-6,11,14H,7-10,18H2,1H3;1H. The lowest BCUT2D eigenvalue weighted by atomic mass is 10.2. The van der Waals surface area contributed by atoms with E-state index in [0.29, 0.717) is 31.6 Å². The highest BCUT2D eigenvalue weighted by Gasteiger charge is 2.37. The summed E-state index contributed by atoms with van der Waals surface area (Å²) in [6.07, 6.45) is 1.28. The molecule has 2 amide bonds. The van der Waals surface area contributed by atoms with E-state index in [1.165, 1.54) is 16.2 Å². The van der Waals surface area contributed by atoms with Crippen LogP contribution in [-0.4, -0.2) is 47.9 Å². The Morgan fingerprint density at radius 1 is 1.40 bits per heavy atom.